The van der Waals surface area contributed by atoms with E-state index in [0.717, 1.165) is 12.8 Å². The highest BCUT2D eigenvalue weighted by Gasteiger charge is 2.52. The van der Waals surface area contributed by atoms with Gasteiger partial charge < -0.3 is 10.4 Å². The summed E-state index contributed by atoms with van der Waals surface area (Å²) in [5.41, 5.74) is 0.493. The van der Waals surface area contributed by atoms with E-state index in [-0.39, 0.29) is 24.3 Å². The Bertz CT molecular complexity index is 632. The van der Waals surface area contributed by atoms with Crippen LogP contribution in [0.4, 0.5) is 4.79 Å². The molecule has 2 rings (SSSR count). The van der Waals surface area contributed by atoms with Crippen molar-refractivity contribution in [1.82, 2.24) is 5.32 Å². The number of carbonyl (C=O) groups excluding carboxylic acids is 2. The number of benzene rings is 1. The van der Waals surface area contributed by atoms with Gasteiger partial charge in [-0.1, -0.05) is 11.6 Å². The zero-order valence-corrected chi connectivity index (χ0v) is 14.4. The topological polar surface area (TPSA) is 83.5 Å². The first kappa shape index (κ1) is 18.4. The second kappa shape index (κ2) is 7.77. The van der Waals surface area contributed by atoms with Gasteiger partial charge in [0.05, 0.1) is 13.0 Å². The fourth-order valence-electron chi connectivity index (χ4n) is 3.18. The predicted octanol–water partition coefficient (Wildman–Crippen LogP) is 3.05. The Morgan fingerprint density at radius 2 is 1.96 bits per heavy atom. The summed E-state index contributed by atoms with van der Waals surface area (Å²) >= 11 is 5.77. The van der Waals surface area contributed by atoms with Crippen molar-refractivity contribution in [2.45, 2.75) is 38.6 Å². The molecule has 3 amide bonds. The fraction of sp³-hybridized carbons (Fsp3) is 0.471. The molecule has 1 fully saturated rings. The van der Waals surface area contributed by atoms with Crippen molar-refractivity contribution in [1.29, 1.82) is 0 Å². The highest BCUT2D eigenvalue weighted by molar-refractivity contribution is 6.30. The van der Waals surface area contributed by atoms with Gasteiger partial charge in [0.15, 0.2) is 0 Å². The molecule has 24 heavy (non-hydrogen) atoms. The lowest BCUT2D eigenvalue weighted by atomic mass is 10.2. The van der Waals surface area contributed by atoms with Gasteiger partial charge in [-0.3, -0.25) is 4.79 Å². The molecule has 1 aromatic rings. The first-order valence-electron chi connectivity index (χ1n) is 8.06. The monoisotopic (exact) mass is 353 g/mol. The van der Waals surface area contributed by atoms with Crippen molar-refractivity contribution in [3.05, 3.63) is 34.9 Å². The molecular formula is C17H22ClN2O4+. The largest absolute Gasteiger partial charge is 0.521 e. The summed E-state index contributed by atoms with van der Waals surface area (Å²) in [5, 5.41) is 12.8. The molecule has 0 bridgehead atoms. The third-order valence-corrected chi connectivity index (χ3v) is 4.88. The number of hydrogen-bond donors (Lipinski definition) is 2. The van der Waals surface area contributed by atoms with E-state index in [4.69, 9.17) is 11.6 Å². The first-order chi connectivity index (χ1) is 11.4. The summed E-state index contributed by atoms with van der Waals surface area (Å²) in [6.07, 6.45) is 0.961. The minimum atomic E-state index is -1.07. The highest BCUT2D eigenvalue weighted by atomic mass is 35.5. The fourth-order valence-corrected chi connectivity index (χ4v) is 3.31. The third-order valence-electron chi connectivity index (χ3n) is 4.63. The van der Waals surface area contributed by atoms with Crippen LogP contribution < -0.4 is 5.32 Å². The van der Waals surface area contributed by atoms with Crippen LogP contribution >= 0.6 is 11.6 Å². The molecule has 130 valence electrons. The van der Waals surface area contributed by atoms with Crippen LogP contribution in [0.2, 0.25) is 5.02 Å². The Balaban J connectivity index is 1.83. The molecule has 0 aromatic heterocycles. The van der Waals surface area contributed by atoms with E-state index < -0.39 is 10.6 Å². The van der Waals surface area contributed by atoms with E-state index in [9.17, 15) is 19.5 Å². The van der Waals surface area contributed by atoms with Gasteiger partial charge in [-0.05, 0) is 37.6 Å². The standard InChI is InChI=1S/C17H21ClN2O4/c1-12-4-3-11-20(12,17(23)24)15(21)5-2-10-19-16(22)13-6-8-14(18)9-7-13/h6-9,12H,2-5,10-11H2,1H3,(H-,19,22,23,24)/p+1/t12-,20?/m1/s1. The summed E-state index contributed by atoms with van der Waals surface area (Å²) in [4.78, 5) is 36.0. The summed E-state index contributed by atoms with van der Waals surface area (Å²) in [7, 11) is 0. The smallest absolute Gasteiger partial charge is 0.435 e. The van der Waals surface area contributed by atoms with E-state index in [0.29, 0.717) is 30.1 Å². The van der Waals surface area contributed by atoms with Crippen molar-refractivity contribution >= 4 is 29.5 Å². The molecule has 2 N–H and O–H groups in total. The number of imide groups is 1. The summed E-state index contributed by atoms with van der Waals surface area (Å²) in [6, 6.07) is 6.32. The van der Waals surface area contributed by atoms with Gasteiger partial charge in [-0.2, -0.15) is 9.28 Å². The zero-order chi connectivity index (χ0) is 17.7. The van der Waals surface area contributed by atoms with Crippen LogP contribution in [0.15, 0.2) is 24.3 Å². The van der Waals surface area contributed by atoms with E-state index >= 15 is 0 Å². The maximum absolute atomic E-state index is 12.4. The van der Waals surface area contributed by atoms with Gasteiger partial charge in [-0.25, -0.2) is 4.79 Å². The maximum atomic E-state index is 12.4. The lowest BCUT2D eigenvalue weighted by Gasteiger charge is -2.29. The van der Waals surface area contributed by atoms with Crippen LogP contribution in [-0.4, -0.2) is 46.6 Å². The Labute approximate surface area is 146 Å². The average Bonchev–Trinajstić information content (AvgIpc) is 2.94. The highest BCUT2D eigenvalue weighted by Crippen LogP contribution is 2.29. The Kier molecular flexibility index (Phi) is 5.96. The molecule has 1 unspecified atom stereocenters. The van der Waals surface area contributed by atoms with Crippen LogP contribution in [0.5, 0.6) is 0 Å². The number of nitrogens with zero attached hydrogens (tertiary/aromatic N) is 1. The summed E-state index contributed by atoms with van der Waals surface area (Å²) in [6.45, 7) is 2.48. The predicted molar refractivity (Wildman–Crippen MR) is 89.9 cm³/mol. The molecule has 1 aromatic carbocycles. The van der Waals surface area contributed by atoms with Crippen LogP contribution in [0.3, 0.4) is 0 Å². The van der Waals surface area contributed by atoms with E-state index in [2.05, 4.69) is 5.32 Å². The lowest BCUT2D eigenvalue weighted by molar-refractivity contribution is -0.792. The number of carboxylic acid groups (broad SMARTS) is 1. The van der Waals surface area contributed by atoms with E-state index in [1.807, 2.05) is 0 Å². The molecule has 0 radical (unpaired) electrons. The summed E-state index contributed by atoms with van der Waals surface area (Å²) < 4.78 is -0.481. The molecule has 7 heteroatoms. The first-order valence-corrected chi connectivity index (χ1v) is 8.44. The number of rotatable bonds is 5. The van der Waals surface area contributed by atoms with Crippen molar-refractivity contribution < 1.29 is 24.0 Å². The second-order valence-corrected chi connectivity index (χ2v) is 6.56. The number of hydrogen-bond acceptors (Lipinski definition) is 3. The van der Waals surface area contributed by atoms with Crippen LogP contribution in [0, 0.1) is 0 Å². The zero-order valence-electron chi connectivity index (χ0n) is 13.6. The molecule has 6 nitrogen and oxygen atoms in total. The lowest BCUT2D eigenvalue weighted by Crippen LogP contribution is -2.58. The second-order valence-electron chi connectivity index (χ2n) is 6.13. The van der Waals surface area contributed by atoms with Crippen LogP contribution in [0.1, 0.15) is 43.0 Å². The molecular weight excluding hydrogens is 332 g/mol. The number of nitrogens with one attached hydrogen (secondary N) is 1. The number of halogens is 1. The molecule has 1 aliphatic heterocycles. The molecule has 0 spiro atoms. The van der Waals surface area contributed by atoms with Crippen molar-refractivity contribution in [2.75, 3.05) is 13.1 Å². The van der Waals surface area contributed by atoms with Crippen LogP contribution in [-0.2, 0) is 4.79 Å². The number of quaternary nitrogens is 1. The van der Waals surface area contributed by atoms with Gasteiger partial charge in [0.25, 0.3) is 5.91 Å². The molecule has 1 aliphatic rings. The minimum Gasteiger partial charge on any atom is -0.435 e. The minimum absolute atomic E-state index is 0.136. The Morgan fingerprint density at radius 3 is 2.50 bits per heavy atom. The molecule has 2 atom stereocenters. The Morgan fingerprint density at radius 1 is 1.29 bits per heavy atom. The van der Waals surface area contributed by atoms with E-state index in [1.165, 1.54) is 0 Å². The van der Waals surface area contributed by atoms with Gasteiger partial charge in [0.2, 0.25) is 0 Å². The number of amides is 3. The SMILES string of the molecule is C[C@@H]1CCC[N+]1(C(=O)O)C(=O)CCCNC(=O)c1ccc(Cl)cc1. The van der Waals surface area contributed by atoms with Crippen molar-refractivity contribution in [3.63, 3.8) is 0 Å². The number of carbonyl (C=O) groups is 3. The molecule has 1 saturated heterocycles. The third kappa shape index (κ3) is 3.76. The number of likely N-dealkylation sites (tertiary alicyclic amines) is 1. The van der Waals surface area contributed by atoms with Crippen molar-refractivity contribution in [3.8, 4) is 0 Å². The molecule has 0 aliphatic carbocycles. The van der Waals surface area contributed by atoms with Crippen molar-refractivity contribution in [2.24, 2.45) is 0 Å². The Hall–Kier alpha value is -1.92. The average molecular weight is 354 g/mol. The molecule has 1 heterocycles. The van der Waals surface area contributed by atoms with Gasteiger partial charge in [0.1, 0.15) is 6.04 Å². The van der Waals surface area contributed by atoms with Crippen LogP contribution in [0.25, 0.3) is 0 Å². The van der Waals surface area contributed by atoms with Gasteiger partial charge in [-0.15, -0.1) is 0 Å². The summed E-state index contributed by atoms with van der Waals surface area (Å²) in [5.74, 6) is -0.524. The van der Waals surface area contributed by atoms with Gasteiger partial charge >= 0.3 is 12.0 Å². The maximum Gasteiger partial charge on any atom is 0.521 e. The quantitative estimate of drug-likeness (QED) is 0.629. The normalized spacial score (nSPS) is 23.0. The van der Waals surface area contributed by atoms with E-state index in [1.54, 1.807) is 31.2 Å². The van der Waals surface area contributed by atoms with Gasteiger partial charge in [0, 0.05) is 30.0 Å². The molecule has 0 saturated carbocycles.